The van der Waals surface area contributed by atoms with Crippen LogP contribution in [0.15, 0.2) is 0 Å². The average Bonchev–Trinajstić information content (AvgIpc) is 2.63. The molecule has 0 radical (unpaired) electrons. The highest BCUT2D eigenvalue weighted by molar-refractivity contribution is 9.08. The van der Waals surface area contributed by atoms with Gasteiger partial charge in [-0.25, -0.2) is 0 Å². The van der Waals surface area contributed by atoms with Crippen molar-refractivity contribution in [2.24, 2.45) is 13.0 Å². The first-order chi connectivity index (χ1) is 8.54. The van der Waals surface area contributed by atoms with Gasteiger partial charge in [-0.15, -0.1) is 0 Å². The average molecular weight is 314 g/mol. The Morgan fingerprint density at radius 1 is 1.33 bits per heavy atom. The van der Waals surface area contributed by atoms with Gasteiger partial charge in [-0.2, -0.15) is 5.10 Å². The molecular formula is C14H24BrN3. The maximum absolute atomic E-state index is 4.56. The van der Waals surface area contributed by atoms with Crippen molar-refractivity contribution in [1.29, 1.82) is 0 Å². The van der Waals surface area contributed by atoms with Gasteiger partial charge in [0.2, 0.25) is 0 Å². The van der Waals surface area contributed by atoms with E-state index in [4.69, 9.17) is 0 Å². The molecule has 0 amide bonds. The fourth-order valence-corrected chi connectivity index (χ4v) is 3.75. The second-order valence-electron chi connectivity index (χ2n) is 5.67. The molecule has 0 atom stereocenters. The summed E-state index contributed by atoms with van der Waals surface area (Å²) in [5.74, 6) is 2.18. The number of halogens is 1. The minimum Gasteiger partial charge on any atom is -0.357 e. The van der Waals surface area contributed by atoms with Gasteiger partial charge in [0.05, 0.1) is 5.69 Å². The minimum atomic E-state index is 0.675. The van der Waals surface area contributed by atoms with Gasteiger partial charge in [0, 0.05) is 31.0 Å². The summed E-state index contributed by atoms with van der Waals surface area (Å²) in [5, 5.41) is 5.44. The Bertz CT molecular complexity index is 405. The standard InChI is InChI=1S/C14H24BrN3/c1-10-5-7-12(8-6-10)17(3)14-13(9-15)11(2)16-18(14)4/h10,12H,5-9H2,1-4H3. The number of hydrogen-bond acceptors (Lipinski definition) is 2. The van der Waals surface area contributed by atoms with Gasteiger partial charge >= 0.3 is 0 Å². The van der Waals surface area contributed by atoms with E-state index in [2.05, 4.69) is 53.9 Å². The fourth-order valence-electron chi connectivity index (χ4n) is 3.09. The van der Waals surface area contributed by atoms with E-state index in [1.54, 1.807) is 0 Å². The van der Waals surface area contributed by atoms with Crippen LogP contribution < -0.4 is 4.90 Å². The highest BCUT2D eigenvalue weighted by atomic mass is 79.9. The molecule has 0 bridgehead atoms. The summed E-state index contributed by atoms with van der Waals surface area (Å²) in [7, 11) is 4.28. The van der Waals surface area contributed by atoms with Gasteiger partial charge in [0.25, 0.3) is 0 Å². The molecule has 18 heavy (non-hydrogen) atoms. The van der Waals surface area contributed by atoms with Crippen molar-refractivity contribution < 1.29 is 0 Å². The van der Waals surface area contributed by atoms with Gasteiger partial charge in [0.15, 0.2) is 0 Å². The Morgan fingerprint density at radius 2 is 1.94 bits per heavy atom. The van der Waals surface area contributed by atoms with E-state index in [0.29, 0.717) is 6.04 Å². The van der Waals surface area contributed by atoms with E-state index >= 15 is 0 Å². The van der Waals surface area contributed by atoms with Gasteiger partial charge in [-0.1, -0.05) is 22.9 Å². The maximum Gasteiger partial charge on any atom is 0.130 e. The van der Waals surface area contributed by atoms with Crippen molar-refractivity contribution in [2.75, 3.05) is 11.9 Å². The van der Waals surface area contributed by atoms with E-state index in [1.807, 2.05) is 4.68 Å². The predicted molar refractivity (Wildman–Crippen MR) is 80.4 cm³/mol. The number of anilines is 1. The third kappa shape index (κ3) is 2.58. The first-order valence-electron chi connectivity index (χ1n) is 6.85. The highest BCUT2D eigenvalue weighted by Gasteiger charge is 2.25. The largest absolute Gasteiger partial charge is 0.357 e. The Hall–Kier alpha value is -0.510. The Labute approximate surface area is 119 Å². The van der Waals surface area contributed by atoms with Crippen molar-refractivity contribution in [2.45, 2.75) is 50.9 Å². The lowest BCUT2D eigenvalue weighted by molar-refractivity contribution is 0.338. The monoisotopic (exact) mass is 313 g/mol. The number of alkyl halides is 1. The summed E-state index contributed by atoms with van der Waals surface area (Å²) in [5.41, 5.74) is 2.47. The molecule has 1 heterocycles. The normalized spacial score (nSPS) is 24.3. The Kier molecular flexibility index (Phi) is 4.36. The van der Waals surface area contributed by atoms with E-state index in [1.165, 1.54) is 37.1 Å². The molecule has 1 aromatic heterocycles. The first kappa shape index (κ1) is 13.9. The van der Waals surface area contributed by atoms with Crippen molar-refractivity contribution in [1.82, 2.24) is 9.78 Å². The number of hydrogen-bond donors (Lipinski definition) is 0. The van der Waals surface area contributed by atoms with Crippen LogP contribution in [-0.4, -0.2) is 22.9 Å². The molecular weight excluding hydrogens is 290 g/mol. The molecule has 0 N–H and O–H groups in total. The van der Waals surface area contributed by atoms with Crippen molar-refractivity contribution >= 4 is 21.7 Å². The molecule has 3 nitrogen and oxygen atoms in total. The quantitative estimate of drug-likeness (QED) is 0.794. The Morgan fingerprint density at radius 3 is 2.50 bits per heavy atom. The molecule has 1 fully saturated rings. The first-order valence-corrected chi connectivity index (χ1v) is 7.98. The van der Waals surface area contributed by atoms with Crippen LogP contribution in [0, 0.1) is 12.8 Å². The van der Waals surface area contributed by atoms with Crippen LogP contribution in [0.25, 0.3) is 0 Å². The second kappa shape index (κ2) is 5.64. The third-order valence-corrected chi connectivity index (χ3v) is 4.87. The number of rotatable bonds is 3. The van der Waals surface area contributed by atoms with Gasteiger partial charge in [-0.3, -0.25) is 4.68 Å². The topological polar surface area (TPSA) is 21.1 Å². The summed E-state index contributed by atoms with van der Waals surface area (Å²) in [6.07, 6.45) is 5.33. The molecule has 2 rings (SSSR count). The predicted octanol–water partition coefficient (Wildman–Crippen LogP) is 3.64. The van der Waals surface area contributed by atoms with E-state index in [-0.39, 0.29) is 0 Å². The van der Waals surface area contributed by atoms with Crippen molar-refractivity contribution in [3.05, 3.63) is 11.3 Å². The van der Waals surface area contributed by atoms with Crippen molar-refractivity contribution in [3.8, 4) is 0 Å². The molecule has 0 aromatic carbocycles. The minimum absolute atomic E-state index is 0.675. The zero-order valence-electron chi connectivity index (χ0n) is 11.9. The summed E-state index contributed by atoms with van der Waals surface area (Å²) in [6.45, 7) is 4.46. The molecule has 1 aliphatic rings. The molecule has 0 saturated heterocycles. The molecule has 1 aromatic rings. The second-order valence-corrected chi connectivity index (χ2v) is 6.23. The van der Waals surface area contributed by atoms with Crippen LogP contribution >= 0.6 is 15.9 Å². The lowest BCUT2D eigenvalue weighted by Crippen LogP contribution is -2.36. The van der Waals surface area contributed by atoms with E-state index in [9.17, 15) is 0 Å². The third-order valence-electron chi connectivity index (χ3n) is 4.31. The lowest BCUT2D eigenvalue weighted by Gasteiger charge is -2.35. The van der Waals surface area contributed by atoms with E-state index < -0.39 is 0 Å². The zero-order valence-corrected chi connectivity index (χ0v) is 13.5. The van der Waals surface area contributed by atoms with E-state index in [0.717, 1.165) is 16.9 Å². The van der Waals surface area contributed by atoms with Crippen LogP contribution in [0.5, 0.6) is 0 Å². The Balaban J connectivity index is 2.20. The molecule has 102 valence electrons. The van der Waals surface area contributed by atoms with Gasteiger partial charge in [-0.05, 0) is 38.5 Å². The van der Waals surface area contributed by atoms with Crippen LogP contribution in [0.4, 0.5) is 5.82 Å². The van der Waals surface area contributed by atoms with Crippen LogP contribution in [-0.2, 0) is 12.4 Å². The SMILES string of the molecule is Cc1nn(C)c(N(C)C2CCC(C)CC2)c1CBr. The molecule has 1 aliphatic carbocycles. The highest BCUT2D eigenvalue weighted by Crippen LogP contribution is 2.32. The van der Waals surface area contributed by atoms with Crippen LogP contribution in [0.3, 0.4) is 0 Å². The number of aromatic nitrogens is 2. The van der Waals surface area contributed by atoms with Crippen molar-refractivity contribution in [3.63, 3.8) is 0 Å². The molecule has 1 saturated carbocycles. The van der Waals surface area contributed by atoms with Crippen LogP contribution in [0.1, 0.15) is 43.9 Å². The number of nitrogens with zero attached hydrogens (tertiary/aromatic N) is 3. The number of aryl methyl sites for hydroxylation is 2. The van der Waals surface area contributed by atoms with Crippen LogP contribution in [0.2, 0.25) is 0 Å². The summed E-state index contributed by atoms with van der Waals surface area (Å²) < 4.78 is 2.03. The molecule has 4 heteroatoms. The molecule has 0 spiro atoms. The fraction of sp³-hybridized carbons (Fsp3) is 0.786. The van der Waals surface area contributed by atoms with Gasteiger partial charge in [0.1, 0.15) is 5.82 Å². The summed E-state index contributed by atoms with van der Waals surface area (Å²) in [6, 6.07) is 0.675. The zero-order chi connectivity index (χ0) is 13.3. The lowest BCUT2D eigenvalue weighted by atomic mass is 9.86. The maximum atomic E-state index is 4.56. The smallest absolute Gasteiger partial charge is 0.130 e. The van der Waals surface area contributed by atoms with Gasteiger partial charge < -0.3 is 4.90 Å². The molecule has 0 unspecified atom stereocenters. The summed E-state index contributed by atoms with van der Waals surface area (Å²) >= 11 is 3.59. The summed E-state index contributed by atoms with van der Waals surface area (Å²) in [4.78, 5) is 2.45. The molecule has 0 aliphatic heterocycles.